The summed E-state index contributed by atoms with van der Waals surface area (Å²) in [4.78, 5) is 0. The Morgan fingerprint density at radius 2 is 0.712 bits per heavy atom. The standard InChI is InChI=1S/C10H11F3O3S.C9H11F.C9H12O.C8H9FO.C2F6O5S2.BBr3/c1-6-4-7(2)8(3)9(5-6)16-17(14,15)10(11,12)13;2*1-6-4-7(2)8(3)9(10)5-6;1-5-3-7(9)6(2)8(10)4-5;3-1(4,5)14(9,10)13-15(11,12)2(6,7)8;2-1(3)4/h4-5H,1-3H3;4-5H,1-3H3;4-5,10H,1-3H3;3-4,10H,1-2H3;;. The van der Waals surface area contributed by atoms with Crippen molar-refractivity contribution in [1.82, 2.24) is 0 Å². The first-order valence-electron chi connectivity index (χ1n) is 17.6. The SMILES string of the molecule is BrB(Br)Br.Cc1cc(C)c(C)c(F)c1.Cc1cc(C)c(C)c(O)c1.Cc1cc(C)c(C)c(OS(=O)(=O)C(F)(F)F)c1.Cc1cc(O)c(C)c(F)c1.O=S(=O)(OS(=O)(=O)C(F)(F)F)C(F)(F)F. The first kappa shape index (κ1) is 64.9. The van der Waals surface area contributed by atoms with Crippen LogP contribution in [0.4, 0.5) is 48.3 Å². The van der Waals surface area contributed by atoms with Crippen LogP contribution in [0.1, 0.15) is 61.2 Å². The van der Waals surface area contributed by atoms with Gasteiger partial charge in [-0.1, -0.05) is 18.2 Å². The number of hydrogen-bond donors (Lipinski definition) is 2. The highest BCUT2D eigenvalue weighted by molar-refractivity contribution is 9.69. The molecule has 0 aliphatic heterocycles. The molecule has 2 N–H and O–H groups in total. The van der Waals surface area contributed by atoms with Crippen LogP contribution >= 0.6 is 47.3 Å². The minimum absolute atomic E-state index is 0.0255. The van der Waals surface area contributed by atoms with Crippen LogP contribution in [0.3, 0.4) is 0 Å². The molecule has 0 amide bonds. The van der Waals surface area contributed by atoms with E-state index in [4.69, 9.17) is 5.11 Å². The lowest BCUT2D eigenvalue weighted by atomic mass is 10.1. The molecular weight excluding hydrogens is 1170 g/mol. The van der Waals surface area contributed by atoms with Crippen molar-refractivity contribution in [3.05, 3.63) is 121 Å². The van der Waals surface area contributed by atoms with Gasteiger partial charge in [-0.2, -0.15) is 64.8 Å². The Morgan fingerprint density at radius 3 is 1.03 bits per heavy atom. The molecule has 0 saturated carbocycles. The Balaban J connectivity index is 0. The monoisotopic (exact) mass is 1210 g/mol. The van der Waals surface area contributed by atoms with Crippen LogP contribution in [-0.4, -0.2) is 55.2 Å². The maximum absolute atomic E-state index is 12.8. The Kier molecular flexibility index (Phi) is 25.6. The van der Waals surface area contributed by atoms with Crippen LogP contribution < -0.4 is 4.18 Å². The average Bonchev–Trinajstić information content (AvgIpc) is 3.09. The molecule has 0 bridgehead atoms. The number of hydrogen-bond acceptors (Lipinski definition) is 10. The topological polar surface area (TPSA) is 161 Å². The van der Waals surface area contributed by atoms with E-state index < -0.39 is 46.9 Å². The maximum Gasteiger partial charge on any atom is 0.534 e. The first-order chi connectivity index (χ1) is 29.3. The average molecular weight is 1220 g/mol. The molecule has 0 heterocycles. The quantitative estimate of drug-likeness (QED) is 0.0871. The van der Waals surface area contributed by atoms with Gasteiger partial charge in [0.15, 0.2) is 0 Å². The second kappa shape index (κ2) is 26.0. The van der Waals surface area contributed by atoms with E-state index in [1.54, 1.807) is 58.9 Å². The summed E-state index contributed by atoms with van der Waals surface area (Å²) >= 11 is 9.31. The van der Waals surface area contributed by atoms with Crippen LogP contribution in [0, 0.1) is 87.8 Å². The summed E-state index contributed by atoms with van der Waals surface area (Å²) < 4.78 is 198. The summed E-state index contributed by atoms with van der Waals surface area (Å²) in [5.41, 5.74) is -9.23. The van der Waals surface area contributed by atoms with Gasteiger partial charge in [0.1, 0.15) is 28.9 Å². The smallest absolute Gasteiger partial charge is 0.508 e. The molecular formula is C38H43BBr3F11O10S3. The second-order valence-electron chi connectivity index (χ2n) is 13.6. The number of aromatic hydroxyl groups is 2. The van der Waals surface area contributed by atoms with Gasteiger partial charge >= 0.3 is 50.1 Å². The highest BCUT2D eigenvalue weighted by Gasteiger charge is 2.57. The molecule has 0 radical (unpaired) electrons. The number of phenols is 2. The highest BCUT2D eigenvalue weighted by atomic mass is 79.9. The molecule has 4 aromatic carbocycles. The fourth-order valence-corrected chi connectivity index (χ4v) is 6.31. The number of phenolic OH excluding ortho intramolecular Hbond substituents is 2. The molecule has 0 fully saturated rings. The Morgan fingerprint density at radius 1 is 0.439 bits per heavy atom. The maximum atomic E-state index is 12.8. The summed E-state index contributed by atoms with van der Waals surface area (Å²) in [7, 11) is -19.3. The fraction of sp³-hybridized carbons (Fsp3) is 0.368. The molecule has 0 spiro atoms. The van der Waals surface area contributed by atoms with Gasteiger partial charge in [-0.05, 0) is 162 Å². The predicted octanol–water partition coefficient (Wildman–Crippen LogP) is 12.9. The van der Waals surface area contributed by atoms with E-state index in [-0.39, 0.29) is 26.3 Å². The second-order valence-corrected chi connectivity index (χ2v) is 24.9. The lowest BCUT2D eigenvalue weighted by molar-refractivity contribution is -0.0586. The third-order valence-electron chi connectivity index (χ3n) is 7.99. The van der Waals surface area contributed by atoms with Crippen molar-refractivity contribution in [3.8, 4) is 17.2 Å². The minimum Gasteiger partial charge on any atom is -0.508 e. The molecule has 10 nitrogen and oxygen atoms in total. The molecule has 0 aliphatic rings. The van der Waals surface area contributed by atoms with Crippen molar-refractivity contribution in [2.24, 2.45) is 0 Å². The van der Waals surface area contributed by atoms with E-state index in [0.29, 0.717) is 28.0 Å². The fourth-order valence-electron chi connectivity index (χ4n) is 4.25. The Labute approximate surface area is 401 Å². The van der Waals surface area contributed by atoms with Crippen molar-refractivity contribution < 1.29 is 91.6 Å². The minimum atomic E-state index is -6.85. The van der Waals surface area contributed by atoms with Gasteiger partial charge in [0.25, 0.3) is 0 Å². The predicted molar refractivity (Wildman–Crippen MR) is 240 cm³/mol. The number of halogens is 14. The summed E-state index contributed by atoms with van der Waals surface area (Å²) in [6.45, 7) is 19.6. The van der Waals surface area contributed by atoms with Crippen molar-refractivity contribution in [2.45, 2.75) is 92.7 Å². The third-order valence-corrected chi connectivity index (χ3v) is 11.5. The Hall–Kier alpha value is -3.18. The van der Waals surface area contributed by atoms with E-state index in [0.717, 1.165) is 38.9 Å². The molecule has 0 aliphatic carbocycles. The number of benzene rings is 4. The van der Waals surface area contributed by atoms with Crippen molar-refractivity contribution in [1.29, 1.82) is 0 Å². The lowest BCUT2D eigenvalue weighted by Crippen LogP contribution is -2.34. The zero-order valence-corrected chi connectivity index (χ0v) is 43.6. The summed E-state index contributed by atoms with van der Waals surface area (Å²) in [5.74, 6) is -0.315. The lowest BCUT2D eigenvalue weighted by Gasteiger charge is -2.13. The Bertz CT molecular complexity index is 2360. The van der Waals surface area contributed by atoms with Crippen LogP contribution in [0.25, 0.3) is 0 Å². The number of aryl methyl sites for hydroxylation is 7. The molecule has 28 heteroatoms. The van der Waals surface area contributed by atoms with E-state index in [9.17, 15) is 78.7 Å². The van der Waals surface area contributed by atoms with Crippen molar-refractivity contribution in [3.63, 3.8) is 0 Å². The van der Waals surface area contributed by atoms with Gasteiger partial charge in [0.2, 0.25) is 0 Å². The molecule has 0 unspecified atom stereocenters. The van der Waals surface area contributed by atoms with Gasteiger partial charge in [0.05, 0.1) is 0 Å². The van der Waals surface area contributed by atoms with Crippen LogP contribution in [0.2, 0.25) is 0 Å². The van der Waals surface area contributed by atoms with Gasteiger partial charge < -0.3 is 14.4 Å². The zero-order chi connectivity index (χ0) is 52.9. The molecule has 0 saturated heterocycles. The van der Waals surface area contributed by atoms with Crippen LogP contribution in [0.15, 0.2) is 48.5 Å². The third kappa shape index (κ3) is 22.3. The van der Waals surface area contributed by atoms with Gasteiger partial charge in [-0.3, -0.25) is 0 Å². The summed E-state index contributed by atoms with van der Waals surface area (Å²) in [5, 5.41) is 18.3. The van der Waals surface area contributed by atoms with Crippen LogP contribution in [-0.2, 0) is 34.0 Å². The van der Waals surface area contributed by atoms with E-state index in [2.05, 4.69) is 57.5 Å². The molecule has 0 atom stereocenters. The largest absolute Gasteiger partial charge is 0.534 e. The van der Waals surface area contributed by atoms with Crippen molar-refractivity contribution >= 4 is 80.8 Å². The van der Waals surface area contributed by atoms with Gasteiger partial charge in [-0.25, -0.2) is 8.78 Å². The molecule has 4 rings (SSSR count). The van der Waals surface area contributed by atoms with Crippen LogP contribution in [0.5, 0.6) is 17.2 Å². The van der Waals surface area contributed by atoms with E-state index in [1.807, 2.05) is 44.3 Å². The highest BCUT2D eigenvalue weighted by Crippen LogP contribution is 2.33. The number of rotatable bonds is 4. The molecule has 374 valence electrons. The normalized spacial score (nSPS) is 11.7. The zero-order valence-electron chi connectivity index (χ0n) is 36.4. The van der Waals surface area contributed by atoms with E-state index in [1.165, 1.54) is 19.1 Å². The van der Waals surface area contributed by atoms with Gasteiger partial charge in [0, 0.05) is 5.56 Å². The molecule has 0 aromatic heterocycles. The molecule has 66 heavy (non-hydrogen) atoms. The summed E-state index contributed by atoms with van der Waals surface area (Å²) in [6, 6.07) is 13.3. The van der Waals surface area contributed by atoms with E-state index >= 15 is 0 Å². The molecule has 4 aromatic rings. The van der Waals surface area contributed by atoms with Gasteiger partial charge in [-0.15, -0.1) is 50.9 Å². The first-order valence-corrected chi connectivity index (χ1v) is 24.6. The summed E-state index contributed by atoms with van der Waals surface area (Å²) in [6.07, 6.45) is 0. The number of alkyl halides is 9. The van der Waals surface area contributed by atoms with Crippen molar-refractivity contribution in [2.75, 3.05) is 0 Å².